The van der Waals surface area contributed by atoms with Gasteiger partial charge in [0.25, 0.3) is 5.56 Å². The smallest absolute Gasteiger partial charge is 0.261 e. The molecule has 0 amide bonds. The highest BCUT2D eigenvalue weighted by atomic mass is 19.1. The van der Waals surface area contributed by atoms with Crippen LogP contribution in [-0.2, 0) is 0 Å². The zero-order chi connectivity index (χ0) is 23.5. The van der Waals surface area contributed by atoms with Crippen LogP contribution in [0.5, 0.6) is 0 Å². The van der Waals surface area contributed by atoms with E-state index in [1.165, 1.54) is 6.07 Å². The molecule has 7 heterocycles. The zero-order valence-corrected chi connectivity index (χ0v) is 18.8. The minimum absolute atomic E-state index is 0.163. The molecule has 1 aromatic carbocycles. The van der Waals surface area contributed by atoms with Gasteiger partial charge in [0.15, 0.2) is 5.65 Å². The molecule has 2 bridgehead atoms. The monoisotopic (exact) mass is 470 g/mol. The van der Waals surface area contributed by atoms with Crippen molar-refractivity contribution in [3.05, 3.63) is 59.0 Å². The van der Waals surface area contributed by atoms with E-state index in [4.69, 9.17) is 0 Å². The van der Waals surface area contributed by atoms with Crippen molar-refractivity contribution in [2.24, 2.45) is 5.92 Å². The number of benzene rings is 1. The van der Waals surface area contributed by atoms with Gasteiger partial charge in [0.2, 0.25) is 0 Å². The molecule has 35 heavy (non-hydrogen) atoms. The molecule has 0 saturated carbocycles. The lowest BCUT2D eigenvalue weighted by atomic mass is 9.83. The van der Waals surface area contributed by atoms with Crippen molar-refractivity contribution in [3.63, 3.8) is 0 Å². The molecular formula is C25H23FN8O. The largest absolute Gasteiger partial charge is 0.379 e. The number of fused-ring (bicyclic) bond motifs is 5. The molecule has 3 aliphatic heterocycles. The van der Waals surface area contributed by atoms with E-state index in [0.717, 1.165) is 38.0 Å². The third kappa shape index (κ3) is 3.32. The second-order valence-electron chi connectivity index (χ2n) is 9.37. The summed E-state index contributed by atoms with van der Waals surface area (Å²) in [5, 5.41) is 4.25. The maximum Gasteiger partial charge on any atom is 0.261 e. The van der Waals surface area contributed by atoms with Crippen LogP contribution >= 0.6 is 0 Å². The van der Waals surface area contributed by atoms with Gasteiger partial charge in [0.1, 0.15) is 23.0 Å². The number of aromatic nitrogens is 6. The van der Waals surface area contributed by atoms with E-state index in [9.17, 15) is 4.79 Å². The number of anilines is 1. The third-order valence-electron chi connectivity index (χ3n) is 7.34. The molecule has 9 nitrogen and oxygen atoms in total. The number of hydrogen-bond acceptors (Lipinski definition) is 6. The summed E-state index contributed by atoms with van der Waals surface area (Å²) in [7, 11) is 0. The third-order valence-corrected chi connectivity index (χ3v) is 7.34. The number of imidazole rings is 2. The minimum atomic E-state index is -0.423. The van der Waals surface area contributed by atoms with Crippen molar-refractivity contribution in [1.82, 2.24) is 34.8 Å². The van der Waals surface area contributed by atoms with Crippen LogP contribution in [0, 0.1) is 11.7 Å². The number of aromatic amines is 3. The van der Waals surface area contributed by atoms with E-state index in [2.05, 4.69) is 40.1 Å². The average molecular weight is 471 g/mol. The lowest BCUT2D eigenvalue weighted by Crippen LogP contribution is -2.53. The number of piperidine rings is 3. The van der Waals surface area contributed by atoms with Crippen molar-refractivity contribution < 1.29 is 4.39 Å². The lowest BCUT2D eigenvalue weighted by Gasteiger charge is -2.45. The SMILES string of the molecule is O=c1[nH]c2cc(-c3ncc[nH]3)c(F)cc2c(N[C@H]2CN3CCC2CC3)c1-c1nc2ncccc2[nH]1. The van der Waals surface area contributed by atoms with E-state index in [-0.39, 0.29) is 11.6 Å². The van der Waals surface area contributed by atoms with E-state index in [0.29, 0.717) is 50.9 Å². The van der Waals surface area contributed by atoms with E-state index in [1.54, 1.807) is 24.7 Å². The van der Waals surface area contributed by atoms with Gasteiger partial charge in [0, 0.05) is 36.6 Å². The number of H-pyrrole nitrogens is 3. The summed E-state index contributed by atoms with van der Waals surface area (Å²) in [6, 6.07) is 6.95. The van der Waals surface area contributed by atoms with Crippen LogP contribution in [0.2, 0.25) is 0 Å². The number of rotatable bonds is 4. The van der Waals surface area contributed by atoms with Crippen LogP contribution in [-0.4, -0.2) is 60.5 Å². The van der Waals surface area contributed by atoms with Crippen molar-refractivity contribution in [2.75, 3.05) is 25.0 Å². The van der Waals surface area contributed by atoms with Gasteiger partial charge in [-0.15, -0.1) is 0 Å². The van der Waals surface area contributed by atoms with Crippen molar-refractivity contribution >= 4 is 27.8 Å². The number of nitrogens with one attached hydrogen (secondary N) is 4. The summed E-state index contributed by atoms with van der Waals surface area (Å²) < 4.78 is 15.4. The zero-order valence-electron chi connectivity index (χ0n) is 18.8. The molecule has 4 N–H and O–H groups in total. The van der Waals surface area contributed by atoms with Crippen molar-refractivity contribution in [2.45, 2.75) is 18.9 Å². The predicted octanol–water partition coefficient (Wildman–Crippen LogP) is 3.50. The Hall–Kier alpha value is -4.05. The van der Waals surface area contributed by atoms with Gasteiger partial charge in [-0.05, 0) is 56.1 Å². The van der Waals surface area contributed by atoms with E-state index >= 15 is 4.39 Å². The molecule has 3 aliphatic rings. The fraction of sp³-hybridized carbons (Fsp3) is 0.280. The summed E-state index contributed by atoms with van der Waals surface area (Å²) in [6.45, 7) is 3.09. The first-order valence-electron chi connectivity index (χ1n) is 11.8. The molecule has 3 fully saturated rings. The van der Waals surface area contributed by atoms with Gasteiger partial charge in [-0.1, -0.05) is 0 Å². The molecule has 3 saturated heterocycles. The Balaban J connectivity index is 1.45. The van der Waals surface area contributed by atoms with Gasteiger partial charge in [-0.25, -0.2) is 19.3 Å². The van der Waals surface area contributed by atoms with E-state index < -0.39 is 5.82 Å². The molecule has 0 aliphatic carbocycles. The van der Waals surface area contributed by atoms with E-state index in [1.807, 2.05) is 12.1 Å². The highest BCUT2D eigenvalue weighted by molar-refractivity contribution is 6.00. The van der Waals surface area contributed by atoms with Gasteiger partial charge in [0.05, 0.1) is 22.3 Å². The Labute approximate surface area is 198 Å². The molecule has 0 unspecified atom stereocenters. The molecule has 1 atom stereocenters. The fourth-order valence-corrected chi connectivity index (χ4v) is 5.56. The fourth-order valence-electron chi connectivity index (χ4n) is 5.56. The van der Waals surface area contributed by atoms with Gasteiger partial charge in [-0.2, -0.15) is 0 Å². The number of halogens is 1. The van der Waals surface area contributed by atoms with Crippen LogP contribution in [0.1, 0.15) is 12.8 Å². The average Bonchev–Trinajstić information content (AvgIpc) is 3.55. The maximum absolute atomic E-state index is 15.4. The second-order valence-corrected chi connectivity index (χ2v) is 9.37. The quantitative estimate of drug-likeness (QED) is 0.319. The summed E-state index contributed by atoms with van der Waals surface area (Å²) in [5.74, 6) is 0.895. The molecule has 4 aromatic heterocycles. The Morgan fingerprint density at radius 3 is 2.69 bits per heavy atom. The summed E-state index contributed by atoms with van der Waals surface area (Å²) in [5.41, 5.74) is 2.73. The maximum atomic E-state index is 15.4. The highest BCUT2D eigenvalue weighted by Crippen LogP contribution is 2.37. The first-order valence-corrected chi connectivity index (χ1v) is 11.8. The molecule has 8 rings (SSSR count). The van der Waals surface area contributed by atoms with Crippen LogP contribution in [0.3, 0.4) is 0 Å². The molecule has 176 valence electrons. The van der Waals surface area contributed by atoms with Crippen LogP contribution in [0.15, 0.2) is 47.7 Å². The van der Waals surface area contributed by atoms with Crippen LogP contribution < -0.4 is 10.9 Å². The molecule has 0 spiro atoms. The Morgan fingerprint density at radius 1 is 1.06 bits per heavy atom. The summed E-state index contributed by atoms with van der Waals surface area (Å²) >= 11 is 0. The minimum Gasteiger partial charge on any atom is -0.379 e. The van der Waals surface area contributed by atoms with Crippen molar-refractivity contribution in [3.8, 4) is 22.8 Å². The van der Waals surface area contributed by atoms with Gasteiger partial charge >= 0.3 is 0 Å². The Kier molecular flexibility index (Phi) is 4.50. The van der Waals surface area contributed by atoms with Crippen molar-refractivity contribution in [1.29, 1.82) is 0 Å². The van der Waals surface area contributed by atoms with Gasteiger partial charge < -0.3 is 25.2 Å². The van der Waals surface area contributed by atoms with Gasteiger partial charge in [-0.3, -0.25) is 4.79 Å². The standard InChI is InChI=1S/C25H23FN8O/c26-16-10-15-18(11-14(16)22-28-6-7-29-22)32-25(35)20(24-31-17-2-1-5-27-23(17)33-24)21(15)30-19-12-34-8-3-13(19)4-9-34/h1-2,5-7,10-11,13,19H,3-4,8-9,12H2,(H,28,29)(H,27,31,33)(H2,30,32,35)/t19-/m0/s1. The lowest BCUT2D eigenvalue weighted by molar-refractivity contribution is 0.0976. The second kappa shape index (κ2) is 7.74. The highest BCUT2D eigenvalue weighted by Gasteiger charge is 2.35. The first kappa shape index (κ1) is 20.3. The normalized spacial score (nSPS) is 21.7. The van der Waals surface area contributed by atoms with Crippen LogP contribution in [0.4, 0.5) is 10.1 Å². The topological polar surface area (TPSA) is 118 Å². The Bertz CT molecular complexity index is 1580. The summed E-state index contributed by atoms with van der Waals surface area (Å²) in [6.07, 6.45) is 7.09. The Morgan fingerprint density at radius 2 is 1.94 bits per heavy atom. The molecular weight excluding hydrogens is 447 g/mol. The number of hydrogen-bond donors (Lipinski definition) is 4. The van der Waals surface area contributed by atoms with Crippen LogP contribution in [0.25, 0.3) is 44.8 Å². The molecule has 0 radical (unpaired) electrons. The number of nitrogens with zero attached hydrogens (tertiary/aromatic N) is 4. The molecule has 10 heteroatoms. The molecule has 5 aromatic rings. The summed E-state index contributed by atoms with van der Waals surface area (Å²) in [4.78, 5) is 38.1. The number of pyridine rings is 2. The predicted molar refractivity (Wildman–Crippen MR) is 132 cm³/mol. The first-order chi connectivity index (χ1) is 17.1.